The van der Waals surface area contributed by atoms with Crippen LogP contribution in [-0.4, -0.2) is 17.8 Å². The van der Waals surface area contributed by atoms with Crippen molar-refractivity contribution in [3.8, 4) is 0 Å². The van der Waals surface area contributed by atoms with Gasteiger partial charge in [-0.15, -0.1) is 0 Å². The molecule has 1 saturated carbocycles. The minimum absolute atomic E-state index is 0.0602. The zero-order valence-corrected chi connectivity index (χ0v) is 8.42. The average Bonchev–Trinajstić information content (AvgIpc) is 2.07. The number of hydrogen-bond acceptors (Lipinski definition) is 2. The zero-order valence-electron chi connectivity index (χ0n) is 8.42. The number of nitrogens with two attached hydrogens (primary N) is 1. The van der Waals surface area contributed by atoms with Gasteiger partial charge in [-0.1, -0.05) is 39.0 Å². The van der Waals surface area contributed by atoms with E-state index in [9.17, 15) is 0 Å². The average molecular weight is 173 g/mol. The fourth-order valence-electron chi connectivity index (χ4n) is 1.31. The molecule has 0 aromatic heterocycles. The molecule has 1 aliphatic carbocycles. The molecule has 0 saturated heterocycles. The smallest absolute Gasteiger partial charge is 0.0579 e. The summed E-state index contributed by atoms with van der Waals surface area (Å²) in [6.07, 6.45) is 7.44. The topological polar surface area (TPSA) is 46.2 Å². The first-order valence-corrected chi connectivity index (χ1v) is 5.03. The first-order chi connectivity index (χ1) is 5.66. The van der Waals surface area contributed by atoms with Crippen LogP contribution >= 0.6 is 0 Å². The summed E-state index contributed by atoms with van der Waals surface area (Å²) in [5, 5.41) is 8.02. The highest BCUT2D eigenvalue weighted by molar-refractivity contribution is 4.59. The Morgan fingerprint density at radius 1 is 1.33 bits per heavy atom. The van der Waals surface area contributed by atoms with Gasteiger partial charge in [-0.25, -0.2) is 0 Å². The van der Waals surface area contributed by atoms with E-state index < -0.39 is 0 Å². The molecule has 74 valence electrons. The van der Waals surface area contributed by atoms with Crippen molar-refractivity contribution < 1.29 is 5.11 Å². The molecule has 0 aromatic carbocycles. The molecule has 1 fully saturated rings. The van der Waals surface area contributed by atoms with Crippen LogP contribution in [0.25, 0.3) is 0 Å². The number of aliphatic hydroxyl groups is 1. The van der Waals surface area contributed by atoms with Gasteiger partial charge >= 0.3 is 0 Å². The van der Waals surface area contributed by atoms with E-state index in [1.807, 2.05) is 0 Å². The monoisotopic (exact) mass is 173 g/mol. The molecule has 0 aromatic rings. The lowest BCUT2D eigenvalue weighted by Gasteiger charge is -2.15. The van der Waals surface area contributed by atoms with Crippen LogP contribution in [0.3, 0.4) is 0 Å². The van der Waals surface area contributed by atoms with Gasteiger partial charge in [0.15, 0.2) is 0 Å². The van der Waals surface area contributed by atoms with Gasteiger partial charge < -0.3 is 10.8 Å². The van der Waals surface area contributed by atoms with Crippen molar-refractivity contribution in [1.29, 1.82) is 0 Å². The Morgan fingerprint density at radius 3 is 1.92 bits per heavy atom. The van der Waals surface area contributed by atoms with E-state index >= 15 is 0 Å². The highest BCUT2D eigenvalue weighted by atomic mass is 16.3. The minimum Gasteiger partial charge on any atom is -0.395 e. The van der Waals surface area contributed by atoms with Crippen molar-refractivity contribution in [2.24, 2.45) is 11.7 Å². The highest BCUT2D eigenvalue weighted by Crippen LogP contribution is 2.21. The van der Waals surface area contributed by atoms with Crippen LogP contribution in [0.2, 0.25) is 0 Å². The molecule has 1 aliphatic rings. The van der Waals surface area contributed by atoms with Crippen LogP contribution in [0.15, 0.2) is 0 Å². The van der Waals surface area contributed by atoms with Gasteiger partial charge in [-0.2, -0.15) is 0 Å². The Hall–Kier alpha value is -0.0800. The Kier molecular flexibility index (Phi) is 7.51. The summed E-state index contributed by atoms with van der Waals surface area (Å²) >= 11 is 0. The molecule has 0 spiro atoms. The minimum atomic E-state index is -0.0602. The fourth-order valence-corrected chi connectivity index (χ4v) is 1.31. The summed E-state index contributed by atoms with van der Waals surface area (Å²) in [6.45, 7) is 4.19. The van der Waals surface area contributed by atoms with Gasteiger partial charge in [0.1, 0.15) is 0 Å². The van der Waals surface area contributed by atoms with Crippen LogP contribution in [0.4, 0.5) is 0 Å². The second-order valence-electron chi connectivity index (χ2n) is 3.90. The molecule has 0 bridgehead atoms. The van der Waals surface area contributed by atoms with Gasteiger partial charge in [0, 0.05) is 6.04 Å². The zero-order chi connectivity index (χ0) is 9.40. The molecule has 0 radical (unpaired) electrons. The summed E-state index contributed by atoms with van der Waals surface area (Å²) in [7, 11) is 0. The van der Waals surface area contributed by atoms with Crippen molar-refractivity contribution in [3.05, 3.63) is 0 Å². The molecule has 1 rings (SSSR count). The van der Waals surface area contributed by atoms with Crippen molar-refractivity contribution in [2.75, 3.05) is 6.61 Å². The van der Waals surface area contributed by atoms with E-state index in [1.54, 1.807) is 6.92 Å². The Bertz CT molecular complexity index is 87.8. The third kappa shape index (κ3) is 8.02. The van der Waals surface area contributed by atoms with Gasteiger partial charge in [0.05, 0.1) is 6.61 Å². The molecular weight excluding hydrogens is 150 g/mol. The Morgan fingerprint density at radius 2 is 1.75 bits per heavy atom. The number of aliphatic hydroxyl groups excluding tert-OH is 1. The first kappa shape index (κ1) is 11.9. The van der Waals surface area contributed by atoms with Crippen LogP contribution in [0.5, 0.6) is 0 Å². The van der Waals surface area contributed by atoms with E-state index in [0.717, 1.165) is 5.92 Å². The summed E-state index contributed by atoms with van der Waals surface area (Å²) in [5.41, 5.74) is 5.04. The first-order valence-electron chi connectivity index (χ1n) is 5.03. The standard InChI is InChI=1S/C7H14.C3H9NO/c1-7-5-3-2-4-6-7;1-3(4)2-5/h7H,2-6H2,1H3;3,5H,2,4H2,1H3. The van der Waals surface area contributed by atoms with E-state index in [2.05, 4.69) is 6.92 Å². The van der Waals surface area contributed by atoms with Gasteiger partial charge in [-0.05, 0) is 12.8 Å². The lowest BCUT2D eigenvalue weighted by atomic mass is 9.91. The molecule has 0 aliphatic heterocycles. The highest BCUT2D eigenvalue weighted by Gasteiger charge is 2.05. The Labute approximate surface area is 76.2 Å². The van der Waals surface area contributed by atoms with E-state index in [1.165, 1.54) is 32.1 Å². The van der Waals surface area contributed by atoms with Gasteiger partial charge in [-0.3, -0.25) is 0 Å². The lowest BCUT2D eigenvalue weighted by Crippen LogP contribution is -2.18. The summed E-state index contributed by atoms with van der Waals surface area (Å²) in [4.78, 5) is 0. The summed E-state index contributed by atoms with van der Waals surface area (Å²) in [6, 6.07) is -0.0602. The van der Waals surface area contributed by atoms with E-state index in [0.29, 0.717) is 0 Å². The van der Waals surface area contributed by atoms with Crippen molar-refractivity contribution in [2.45, 2.75) is 52.0 Å². The van der Waals surface area contributed by atoms with Crippen LogP contribution < -0.4 is 5.73 Å². The van der Waals surface area contributed by atoms with Gasteiger partial charge in [0.2, 0.25) is 0 Å². The molecule has 1 unspecified atom stereocenters. The van der Waals surface area contributed by atoms with Crippen molar-refractivity contribution in [1.82, 2.24) is 0 Å². The van der Waals surface area contributed by atoms with E-state index in [4.69, 9.17) is 10.8 Å². The third-order valence-corrected chi connectivity index (χ3v) is 2.18. The van der Waals surface area contributed by atoms with Gasteiger partial charge in [0.25, 0.3) is 0 Å². The normalized spacial score (nSPS) is 21.0. The van der Waals surface area contributed by atoms with E-state index in [-0.39, 0.29) is 12.6 Å². The molecule has 12 heavy (non-hydrogen) atoms. The van der Waals surface area contributed by atoms with Crippen LogP contribution in [0, 0.1) is 5.92 Å². The number of hydrogen-bond donors (Lipinski definition) is 2. The predicted molar refractivity (Wildman–Crippen MR) is 53.0 cm³/mol. The molecule has 2 nitrogen and oxygen atoms in total. The van der Waals surface area contributed by atoms with Crippen molar-refractivity contribution in [3.63, 3.8) is 0 Å². The maximum Gasteiger partial charge on any atom is 0.0579 e. The van der Waals surface area contributed by atoms with Crippen LogP contribution in [0.1, 0.15) is 46.0 Å². The maximum atomic E-state index is 8.02. The quantitative estimate of drug-likeness (QED) is 0.636. The molecule has 0 amide bonds. The molecule has 1 atom stereocenters. The summed E-state index contributed by atoms with van der Waals surface area (Å²) in [5.74, 6) is 1.04. The molecular formula is C10H23NO. The molecule has 2 heteroatoms. The molecule has 3 N–H and O–H groups in total. The third-order valence-electron chi connectivity index (χ3n) is 2.18. The fraction of sp³-hybridized carbons (Fsp3) is 1.00. The maximum absolute atomic E-state index is 8.02. The second-order valence-corrected chi connectivity index (χ2v) is 3.90. The number of rotatable bonds is 1. The lowest BCUT2D eigenvalue weighted by molar-refractivity contribution is 0.273. The Balaban J connectivity index is 0.000000217. The second kappa shape index (κ2) is 7.56. The molecule has 0 heterocycles. The SMILES string of the molecule is CC(N)CO.CC1CCCCC1. The summed E-state index contributed by atoms with van der Waals surface area (Å²) < 4.78 is 0. The largest absolute Gasteiger partial charge is 0.395 e. The van der Waals surface area contributed by atoms with Crippen LogP contribution in [-0.2, 0) is 0 Å². The van der Waals surface area contributed by atoms with Crippen molar-refractivity contribution >= 4 is 0 Å². The predicted octanol–water partition coefficient (Wildman–Crippen LogP) is 1.91.